The van der Waals surface area contributed by atoms with Gasteiger partial charge in [0.1, 0.15) is 11.9 Å². The minimum Gasteiger partial charge on any atom is -0.488 e. The molecule has 1 aliphatic rings. The van der Waals surface area contributed by atoms with Crippen molar-refractivity contribution in [2.24, 2.45) is 0 Å². The first-order chi connectivity index (χ1) is 8.10. The van der Waals surface area contributed by atoms with E-state index in [-0.39, 0.29) is 12.1 Å². The minimum absolute atomic E-state index is 0.0657. The van der Waals surface area contributed by atoms with E-state index < -0.39 is 0 Å². The predicted molar refractivity (Wildman–Crippen MR) is 67.0 cm³/mol. The van der Waals surface area contributed by atoms with Gasteiger partial charge in [-0.1, -0.05) is 17.7 Å². The molecule has 0 spiro atoms. The highest BCUT2D eigenvalue weighted by Gasteiger charge is 2.25. The highest BCUT2D eigenvalue weighted by atomic mass is 16.5. The maximum Gasteiger partial charge on any atom is 0.123 e. The Bertz CT molecular complexity index is 450. The fourth-order valence-corrected chi connectivity index (χ4v) is 2.13. The molecular formula is C14H18N2O. The molecule has 0 saturated carbocycles. The van der Waals surface area contributed by atoms with Crippen LogP contribution in [0.4, 0.5) is 0 Å². The number of hydrogen-bond donors (Lipinski definition) is 0. The molecule has 3 nitrogen and oxygen atoms in total. The molecule has 0 radical (unpaired) electrons. The van der Waals surface area contributed by atoms with E-state index in [1.54, 1.807) is 0 Å². The van der Waals surface area contributed by atoms with Crippen LogP contribution in [0.5, 0.6) is 5.75 Å². The first-order valence-electron chi connectivity index (χ1n) is 5.96. The molecule has 2 rings (SSSR count). The Hall–Kier alpha value is -1.53. The molecule has 1 aliphatic heterocycles. The zero-order valence-corrected chi connectivity index (χ0v) is 10.6. The largest absolute Gasteiger partial charge is 0.488 e. The van der Waals surface area contributed by atoms with Gasteiger partial charge in [0.15, 0.2) is 0 Å². The van der Waals surface area contributed by atoms with Gasteiger partial charge in [0.2, 0.25) is 0 Å². The first-order valence-corrected chi connectivity index (χ1v) is 5.96. The Kier molecular flexibility index (Phi) is 3.35. The topological polar surface area (TPSA) is 36.3 Å². The second-order valence-electron chi connectivity index (χ2n) is 4.80. The van der Waals surface area contributed by atoms with Crippen LogP contribution >= 0.6 is 0 Å². The zero-order chi connectivity index (χ0) is 12.4. The highest BCUT2D eigenvalue weighted by molar-refractivity contribution is 5.40. The summed E-state index contributed by atoms with van der Waals surface area (Å²) in [5.74, 6) is 0.999. The molecule has 17 heavy (non-hydrogen) atoms. The lowest BCUT2D eigenvalue weighted by Crippen LogP contribution is -2.37. The van der Waals surface area contributed by atoms with Crippen molar-refractivity contribution in [2.75, 3.05) is 13.6 Å². The van der Waals surface area contributed by atoms with Crippen molar-refractivity contribution < 1.29 is 4.74 Å². The summed E-state index contributed by atoms with van der Waals surface area (Å²) in [6.45, 7) is 4.80. The van der Waals surface area contributed by atoms with Crippen LogP contribution in [0.15, 0.2) is 18.2 Å². The number of fused-ring (bicyclic) bond motifs is 1. The summed E-state index contributed by atoms with van der Waals surface area (Å²) < 4.78 is 5.88. The van der Waals surface area contributed by atoms with E-state index in [1.807, 2.05) is 24.9 Å². The van der Waals surface area contributed by atoms with E-state index in [0.29, 0.717) is 0 Å². The molecule has 1 aromatic carbocycles. The minimum atomic E-state index is -0.0657. The maximum atomic E-state index is 8.86. The van der Waals surface area contributed by atoms with Gasteiger partial charge in [0.25, 0.3) is 0 Å². The second kappa shape index (κ2) is 4.77. The number of aryl methyl sites for hydroxylation is 1. The number of rotatable bonds is 3. The van der Waals surface area contributed by atoms with Crippen molar-refractivity contribution in [3.05, 3.63) is 29.3 Å². The fraction of sp³-hybridized carbons (Fsp3) is 0.500. The molecule has 0 aromatic heterocycles. The molecular weight excluding hydrogens is 212 g/mol. The standard InChI is InChI=1S/C14H18N2O/c1-10-4-5-14-12(6-10)7-13(17-14)9-16(3)11(2)8-15/h4-6,11,13H,7,9H2,1-3H3. The molecule has 0 saturated heterocycles. The molecule has 2 atom stereocenters. The van der Waals surface area contributed by atoms with Gasteiger partial charge in [-0.3, -0.25) is 4.90 Å². The summed E-state index contributed by atoms with van der Waals surface area (Å²) in [5.41, 5.74) is 2.56. The normalized spacial score (nSPS) is 19.6. The Labute approximate surface area is 103 Å². The third-order valence-corrected chi connectivity index (χ3v) is 3.30. The molecule has 1 heterocycles. The van der Waals surface area contributed by atoms with Crippen molar-refractivity contribution in [3.63, 3.8) is 0 Å². The van der Waals surface area contributed by atoms with Crippen LogP contribution in [0, 0.1) is 18.3 Å². The summed E-state index contributed by atoms with van der Waals surface area (Å²) in [6.07, 6.45) is 1.12. The van der Waals surface area contributed by atoms with Crippen LogP contribution < -0.4 is 4.74 Å². The summed E-state index contributed by atoms with van der Waals surface area (Å²) >= 11 is 0. The lowest BCUT2D eigenvalue weighted by Gasteiger charge is -2.22. The lowest BCUT2D eigenvalue weighted by atomic mass is 10.1. The van der Waals surface area contributed by atoms with Crippen LogP contribution in [-0.2, 0) is 6.42 Å². The number of ether oxygens (including phenoxy) is 1. The SMILES string of the molecule is Cc1ccc2c(c1)CC(CN(C)C(C)C#N)O2. The monoisotopic (exact) mass is 230 g/mol. The Morgan fingerprint density at radius 3 is 3.06 bits per heavy atom. The fourth-order valence-electron chi connectivity index (χ4n) is 2.13. The van der Waals surface area contributed by atoms with E-state index in [4.69, 9.17) is 10.00 Å². The van der Waals surface area contributed by atoms with Crippen LogP contribution in [0.2, 0.25) is 0 Å². The van der Waals surface area contributed by atoms with E-state index >= 15 is 0 Å². The molecule has 0 N–H and O–H groups in total. The predicted octanol–water partition coefficient (Wildman–Crippen LogP) is 2.14. The lowest BCUT2D eigenvalue weighted by molar-refractivity contribution is 0.158. The van der Waals surface area contributed by atoms with E-state index in [2.05, 4.69) is 25.1 Å². The van der Waals surface area contributed by atoms with Crippen LogP contribution in [0.25, 0.3) is 0 Å². The molecule has 0 bridgehead atoms. The number of benzene rings is 1. The van der Waals surface area contributed by atoms with Gasteiger partial charge in [-0.05, 0) is 32.5 Å². The number of likely N-dealkylation sites (N-methyl/N-ethyl adjacent to an activating group) is 1. The molecule has 0 amide bonds. The number of nitriles is 1. The smallest absolute Gasteiger partial charge is 0.123 e. The van der Waals surface area contributed by atoms with Gasteiger partial charge in [-0.15, -0.1) is 0 Å². The molecule has 90 valence electrons. The molecule has 0 aliphatic carbocycles. The maximum absolute atomic E-state index is 8.86. The average Bonchev–Trinajstić information content (AvgIpc) is 2.69. The number of nitrogens with zero attached hydrogens (tertiary/aromatic N) is 2. The summed E-state index contributed by atoms with van der Waals surface area (Å²) in [4.78, 5) is 2.03. The molecule has 0 fully saturated rings. The van der Waals surface area contributed by atoms with E-state index in [0.717, 1.165) is 18.7 Å². The highest BCUT2D eigenvalue weighted by Crippen LogP contribution is 2.29. The summed E-state index contributed by atoms with van der Waals surface area (Å²) in [5, 5.41) is 8.86. The molecule has 2 unspecified atom stereocenters. The first kappa shape index (κ1) is 11.9. The summed E-state index contributed by atoms with van der Waals surface area (Å²) in [7, 11) is 1.96. The Morgan fingerprint density at radius 2 is 2.35 bits per heavy atom. The van der Waals surface area contributed by atoms with Crippen LogP contribution in [-0.4, -0.2) is 30.6 Å². The Morgan fingerprint density at radius 1 is 1.59 bits per heavy atom. The van der Waals surface area contributed by atoms with Crippen molar-refractivity contribution in [3.8, 4) is 11.8 Å². The molecule has 3 heteroatoms. The van der Waals surface area contributed by atoms with Gasteiger partial charge in [0, 0.05) is 13.0 Å². The molecule has 1 aromatic rings. The third-order valence-electron chi connectivity index (χ3n) is 3.30. The van der Waals surface area contributed by atoms with Gasteiger partial charge in [-0.2, -0.15) is 5.26 Å². The van der Waals surface area contributed by atoms with Gasteiger partial charge >= 0.3 is 0 Å². The average molecular weight is 230 g/mol. The van der Waals surface area contributed by atoms with Crippen LogP contribution in [0.3, 0.4) is 0 Å². The van der Waals surface area contributed by atoms with Gasteiger partial charge < -0.3 is 4.74 Å². The quantitative estimate of drug-likeness (QED) is 0.798. The van der Waals surface area contributed by atoms with Crippen LogP contribution in [0.1, 0.15) is 18.1 Å². The van der Waals surface area contributed by atoms with Crippen molar-refractivity contribution in [2.45, 2.75) is 32.4 Å². The Balaban J connectivity index is 1.99. The third kappa shape index (κ3) is 2.59. The number of hydrogen-bond acceptors (Lipinski definition) is 3. The van der Waals surface area contributed by atoms with Gasteiger partial charge in [-0.25, -0.2) is 0 Å². The zero-order valence-electron chi connectivity index (χ0n) is 10.6. The van der Waals surface area contributed by atoms with Crippen molar-refractivity contribution in [1.29, 1.82) is 5.26 Å². The summed E-state index contributed by atoms with van der Waals surface area (Å²) in [6, 6.07) is 8.47. The van der Waals surface area contributed by atoms with E-state index in [9.17, 15) is 0 Å². The van der Waals surface area contributed by atoms with Crippen molar-refractivity contribution in [1.82, 2.24) is 4.90 Å². The van der Waals surface area contributed by atoms with Crippen molar-refractivity contribution >= 4 is 0 Å². The van der Waals surface area contributed by atoms with E-state index in [1.165, 1.54) is 11.1 Å². The second-order valence-corrected chi connectivity index (χ2v) is 4.80. The van der Waals surface area contributed by atoms with Gasteiger partial charge in [0.05, 0.1) is 12.1 Å².